The van der Waals surface area contributed by atoms with E-state index in [0.717, 1.165) is 25.9 Å². The Balaban J connectivity index is 1.98. The summed E-state index contributed by atoms with van der Waals surface area (Å²) in [5, 5.41) is 3.53. The van der Waals surface area contributed by atoms with Gasteiger partial charge in [-0.05, 0) is 51.2 Å². The van der Waals surface area contributed by atoms with Gasteiger partial charge < -0.3 is 15.0 Å². The Kier molecular flexibility index (Phi) is 5.55. The van der Waals surface area contributed by atoms with Crippen LogP contribution < -0.4 is 5.32 Å². The Morgan fingerprint density at radius 2 is 2.04 bits per heavy atom. The van der Waals surface area contributed by atoms with Gasteiger partial charge in [-0.3, -0.25) is 0 Å². The fourth-order valence-electron chi connectivity index (χ4n) is 3.00. The highest BCUT2D eigenvalue weighted by Crippen LogP contribution is 2.25. The van der Waals surface area contributed by atoms with Crippen LogP contribution in [-0.4, -0.2) is 35.7 Å². The maximum Gasteiger partial charge on any atom is 0.410 e. The zero-order valence-corrected chi connectivity index (χ0v) is 15.1. The lowest BCUT2D eigenvalue weighted by molar-refractivity contribution is 0.0235. The monoisotopic (exact) mass is 318 g/mol. The van der Waals surface area contributed by atoms with E-state index < -0.39 is 5.60 Å². The number of anilines is 1. The van der Waals surface area contributed by atoms with Crippen molar-refractivity contribution < 1.29 is 9.53 Å². The minimum atomic E-state index is -0.443. The van der Waals surface area contributed by atoms with Crippen molar-refractivity contribution in [1.82, 2.24) is 4.90 Å². The molecule has 0 radical (unpaired) electrons. The van der Waals surface area contributed by atoms with Crippen LogP contribution in [0.15, 0.2) is 24.3 Å². The van der Waals surface area contributed by atoms with Crippen molar-refractivity contribution in [2.24, 2.45) is 0 Å². The Labute approximate surface area is 140 Å². The number of para-hydroxylation sites is 1. The van der Waals surface area contributed by atoms with Gasteiger partial charge in [0.15, 0.2) is 0 Å². The molecule has 0 bridgehead atoms. The molecule has 1 amide bonds. The van der Waals surface area contributed by atoms with Crippen LogP contribution in [0.25, 0.3) is 0 Å². The van der Waals surface area contributed by atoms with Gasteiger partial charge in [-0.2, -0.15) is 0 Å². The lowest BCUT2D eigenvalue weighted by Crippen LogP contribution is -2.42. The summed E-state index contributed by atoms with van der Waals surface area (Å²) in [6.07, 6.45) is 1.87. The van der Waals surface area contributed by atoms with Crippen LogP contribution >= 0.6 is 0 Å². The first-order valence-electron chi connectivity index (χ1n) is 8.60. The van der Waals surface area contributed by atoms with Gasteiger partial charge in [-0.15, -0.1) is 0 Å². The number of nitrogens with zero attached hydrogens (tertiary/aromatic N) is 1. The molecule has 4 nitrogen and oxygen atoms in total. The van der Waals surface area contributed by atoms with Crippen LogP contribution in [0.1, 0.15) is 58.9 Å². The number of amides is 1. The molecular formula is C19H30N2O2. The quantitative estimate of drug-likeness (QED) is 0.880. The van der Waals surface area contributed by atoms with Gasteiger partial charge >= 0.3 is 6.09 Å². The summed E-state index contributed by atoms with van der Waals surface area (Å²) >= 11 is 0. The van der Waals surface area contributed by atoms with Crippen LogP contribution in [0.5, 0.6) is 0 Å². The first kappa shape index (κ1) is 17.6. The van der Waals surface area contributed by atoms with E-state index in [-0.39, 0.29) is 12.1 Å². The van der Waals surface area contributed by atoms with E-state index in [1.54, 1.807) is 0 Å². The van der Waals surface area contributed by atoms with E-state index in [1.807, 2.05) is 25.7 Å². The molecule has 1 aliphatic heterocycles. The fraction of sp³-hybridized carbons (Fsp3) is 0.632. The summed E-state index contributed by atoms with van der Waals surface area (Å²) in [5.41, 5.74) is 2.04. The molecule has 0 spiro atoms. The highest BCUT2D eigenvalue weighted by molar-refractivity contribution is 5.69. The van der Waals surface area contributed by atoms with E-state index in [2.05, 4.69) is 43.4 Å². The predicted molar refractivity (Wildman–Crippen MR) is 95.0 cm³/mol. The van der Waals surface area contributed by atoms with Crippen LogP contribution in [0.4, 0.5) is 10.5 Å². The molecule has 1 aromatic rings. The van der Waals surface area contributed by atoms with Crippen molar-refractivity contribution in [2.75, 3.05) is 18.4 Å². The van der Waals surface area contributed by atoms with E-state index >= 15 is 0 Å². The number of carbonyl (C=O) groups excluding carboxylic acids is 1. The summed E-state index contributed by atoms with van der Waals surface area (Å²) in [4.78, 5) is 14.2. The summed E-state index contributed by atoms with van der Waals surface area (Å²) < 4.78 is 5.53. The first-order valence-corrected chi connectivity index (χ1v) is 8.60. The van der Waals surface area contributed by atoms with Crippen LogP contribution in [0, 0.1) is 0 Å². The SMILES string of the molecule is CC(C)c1ccccc1NCC1CCCN1C(=O)OC(C)(C)C. The molecule has 0 saturated carbocycles. The molecule has 23 heavy (non-hydrogen) atoms. The minimum absolute atomic E-state index is 0.195. The third-order valence-corrected chi connectivity index (χ3v) is 4.12. The summed E-state index contributed by atoms with van der Waals surface area (Å²) in [7, 11) is 0. The second-order valence-electron chi connectivity index (χ2n) is 7.59. The first-order chi connectivity index (χ1) is 10.8. The molecule has 0 aliphatic carbocycles. The topological polar surface area (TPSA) is 41.6 Å². The highest BCUT2D eigenvalue weighted by atomic mass is 16.6. The molecule has 1 unspecified atom stereocenters. The van der Waals surface area contributed by atoms with Crippen molar-refractivity contribution in [1.29, 1.82) is 0 Å². The van der Waals surface area contributed by atoms with Gasteiger partial charge in [0, 0.05) is 18.8 Å². The van der Waals surface area contributed by atoms with Crippen LogP contribution in [0.2, 0.25) is 0 Å². The molecule has 1 fully saturated rings. The Morgan fingerprint density at radius 3 is 2.70 bits per heavy atom. The maximum atomic E-state index is 12.3. The van der Waals surface area contributed by atoms with E-state index in [1.165, 1.54) is 11.3 Å². The normalized spacial score (nSPS) is 18.3. The number of rotatable bonds is 4. The lowest BCUT2D eigenvalue weighted by atomic mass is 10.0. The third-order valence-electron chi connectivity index (χ3n) is 4.12. The number of hydrogen-bond acceptors (Lipinski definition) is 3. The predicted octanol–water partition coefficient (Wildman–Crippen LogP) is 4.62. The average molecular weight is 318 g/mol. The van der Waals surface area contributed by atoms with Crippen LogP contribution in [0.3, 0.4) is 0 Å². The number of benzene rings is 1. The Hall–Kier alpha value is -1.71. The molecule has 4 heteroatoms. The molecule has 1 atom stereocenters. The van der Waals surface area contributed by atoms with Crippen molar-refractivity contribution in [3.63, 3.8) is 0 Å². The van der Waals surface area contributed by atoms with Gasteiger partial charge in [0.2, 0.25) is 0 Å². The highest BCUT2D eigenvalue weighted by Gasteiger charge is 2.32. The van der Waals surface area contributed by atoms with E-state index in [4.69, 9.17) is 4.74 Å². The summed E-state index contributed by atoms with van der Waals surface area (Å²) in [6, 6.07) is 8.59. The number of carbonyl (C=O) groups is 1. The second kappa shape index (κ2) is 7.24. The molecule has 1 heterocycles. The van der Waals surface area contributed by atoms with Crippen LogP contribution in [-0.2, 0) is 4.74 Å². The number of likely N-dealkylation sites (tertiary alicyclic amines) is 1. The number of ether oxygens (including phenoxy) is 1. The second-order valence-corrected chi connectivity index (χ2v) is 7.59. The van der Waals surface area contributed by atoms with Crippen molar-refractivity contribution in [2.45, 2.75) is 65.0 Å². The fourth-order valence-corrected chi connectivity index (χ4v) is 3.00. The Morgan fingerprint density at radius 1 is 1.35 bits per heavy atom. The van der Waals surface area contributed by atoms with Gasteiger partial charge in [0.1, 0.15) is 5.60 Å². The standard InChI is InChI=1S/C19H30N2O2/c1-14(2)16-10-6-7-11-17(16)20-13-15-9-8-12-21(15)18(22)23-19(3,4)5/h6-7,10-11,14-15,20H,8-9,12-13H2,1-5H3. The molecule has 1 N–H and O–H groups in total. The third kappa shape index (κ3) is 4.88. The van der Waals surface area contributed by atoms with Crippen molar-refractivity contribution >= 4 is 11.8 Å². The Bertz CT molecular complexity index is 534. The minimum Gasteiger partial charge on any atom is -0.444 e. The summed E-state index contributed by atoms with van der Waals surface area (Å²) in [6.45, 7) is 11.7. The molecule has 1 aliphatic rings. The lowest BCUT2D eigenvalue weighted by Gasteiger charge is -2.29. The van der Waals surface area contributed by atoms with E-state index in [0.29, 0.717) is 5.92 Å². The van der Waals surface area contributed by atoms with Gasteiger partial charge in [0.25, 0.3) is 0 Å². The zero-order chi connectivity index (χ0) is 17.0. The van der Waals surface area contributed by atoms with Gasteiger partial charge in [0.05, 0.1) is 6.04 Å². The maximum absolute atomic E-state index is 12.3. The largest absolute Gasteiger partial charge is 0.444 e. The van der Waals surface area contributed by atoms with Gasteiger partial charge in [-0.25, -0.2) is 4.79 Å². The molecule has 1 aromatic carbocycles. The molecule has 1 saturated heterocycles. The summed E-state index contributed by atoms with van der Waals surface area (Å²) in [5.74, 6) is 0.476. The van der Waals surface area contributed by atoms with Gasteiger partial charge in [-0.1, -0.05) is 32.0 Å². The smallest absolute Gasteiger partial charge is 0.410 e. The van der Waals surface area contributed by atoms with E-state index in [9.17, 15) is 4.79 Å². The zero-order valence-electron chi connectivity index (χ0n) is 15.1. The van der Waals surface area contributed by atoms with Crippen molar-refractivity contribution in [3.8, 4) is 0 Å². The molecular weight excluding hydrogens is 288 g/mol. The average Bonchev–Trinajstić information content (AvgIpc) is 2.92. The number of nitrogens with one attached hydrogen (secondary N) is 1. The van der Waals surface area contributed by atoms with Crippen molar-refractivity contribution in [3.05, 3.63) is 29.8 Å². The molecule has 128 valence electrons. The molecule has 2 rings (SSSR count). The molecule has 0 aromatic heterocycles. The number of hydrogen-bond donors (Lipinski definition) is 1.